The van der Waals surface area contributed by atoms with Crippen molar-refractivity contribution in [3.63, 3.8) is 0 Å². The van der Waals surface area contributed by atoms with E-state index in [-0.39, 0.29) is 11.9 Å². The lowest BCUT2D eigenvalue weighted by Crippen LogP contribution is -2.35. The molecule has 0 saturated carbocycles. The molecule has 0 bridgehead atoms. The third kappa shape index (κ3) is 3.60. The summed E-state index contributed by atoms with van der Waals surface area (Å²) in [6.07, 6.45) is 6.16. The topological polar surface area (TPSA) is 32.3 Å². The quantitative estimate of drug-likeness (QED) is 0.772. The van der Waals surface area contributed by atoms with Gasteiger partial charge in [0, 0.05) is 6.04 Å². The number of hydrogen-bond donors (Lipinski definition) is 1. The van der Waals surface area contributed by atoms with Crippen LogP contribution in [-0.4, -0.2) is 23.5 Å². The van der Waals surface area contributed by atoms with Crippen LogP contribution < -0.4 is 5.32 Å². The van der Waals surface area contributed by atoms with Crippen molar-refractivity contribution in [2.24, 2.45) is 0 Å². The lowest BCUT2D eigenvalue weighted by atomic mass is 10.1. The Morgan fingerprint density at radius 3 is 2.70 bits per heavy atom. The van der Waals surface area contributed by atoms with Gasteiger partial charge in [-0.25, -0.2) is 0 Å². The molecule has 2 atom stereocenters. The predicted octanol–water partition coefficient (Wildman–Crippen LogP) is 3.48. The molecule has 0 spiro atoms. The third-order valence-corrected chi connectivity index (χ3v) is 4.14. The highest BCUT2D eigenvalue weighted by molar-refractivity contribution is 5.85. The van der Waals surface area contributed by atoms with E-state index in [1.807, 2.05) is 35.2 Å². The van der Waals surface area contributed by atoms with Crippen molar-refractivity contribution in [3.05, 3.63) is 35.9 Å². The van der Waals surface area contributed by atoms with E-state index < -0.39 is 0 Å². The molecule has 0 aliphatic carbocycles. The molecule has 2 unspecified atom stereocenters. The van der Waals surface area contributed by atoms with Gasteiger partial charge in [-0.3, -0.25) is 10.1 Å². The highest BCUT2D eigenvalue weighted by atomic mass is 16.2. The maximum Gasteiger partial charge on any atom is 0.245 e. The molecular formula is C17H26N2O. The van der Waals surface area contributed by atoms with Gasteiger partial charge in [-0.1, -0.05) is 62.9 Å². The summed E-state index contributed by atoms with van der Waals surface area (Å²) >= 11 is 0. The minimum Gasteiger partial charge on any atom is -0.326 e. The van der Waals surface area contributed by atoms with Crippen LogP contribution in [0.1, 0.15) is 57.6 Å². The molecule has 1 heterocycles. The number of nitrogens with one attached hydrogen (secondary N) is 1. The average Bonchev–Trinajstić information content (AvgIpc) is 2.86. The maximum atomic E-state index is 12.5. The Labute approximate surface area is 122 Å². The third-order valence-electron chi connectivity index (χ3n) is 4.14. The van der Waals surface area contributed by atoms with Gasteiger partial charge < -0.3 is 4.90 Å². The van der Waals surface area contributed by atoms with Crippen molar-refractivity contribution in [2.45, 2.75) is 58.0 Å². The molecule has 2 rings (SSSR count). The van der Waals surface area contributed by atoms with Crippen LogP contribution in [0.5, 0.6) is 0 Å². The monoisotopic (exact) mass is 274 g/mol. The summed E-state index contributed by atoms with van der Waals surface area (Å²) in [5.74, 6) is 0.221. The van der Waals surface area contributed by atoms with Crippen molar-refractivity contribution in [1.29, 1.82) is 0 Å². The van der Waals surface area contributed by atoms with Gasteiger partial charge in [0.1, 0.15) is 6.04 Å². The van der Waals surface area contributed by atoms with E-state index in [0.717, 1.165) is 12.0 Å². The number of unbranched alkanes of at least 4 members (excludes halogenated alkanes) is 3. The summed E-state index contributed by atoms with van der Waals surface area (Å²) in [4.78, 5) is 14.5. The maximum absolute atomic E-state index is 12.5. The minimum absolute atomic E-state index is 0.158. The zero-order valence-electron chi connectivity index (χ0n) is 12.6. The van der Waals surface area contributed by atoms with Gasteiger partial charge in [-0.05, 0) is 18.9 Å². The lowest BCUT2D eigenvalue weighted by Gasteiger charge is -2.24. The molecule has 3 nitrogen and oxygen atoms in total. The number of benzene rings is 1. The molecule has 1 aliphatic heterocycles. The SMILES string of the molecule is CCCCCCC(C)N1CNC(c2ccccc2)C1=O. The van der Waals surface area contributed by atoms with Crippen LogP contribution in [0.2, 0.25) is 0 Å². The summed E-state index contributed by atoms with van der Waals surface area (Å²) in [6, 6.07) is 10.2. The summed E-state index contributed by atoms with van der Waals surface area (Å²) in [5, 5.41) is 3.33. The van der Waals surface area contributed by atoms with Gasteiger partial charge in [0.2, 0.25) is 5.91 Å². The normalized spacial score (nSPS) is 20.4. The fourth-order valence-electron chi connectivity index (χ4n) is 2.82. The summed E-state index contributed by atoms with van der Waals surface area (Å²) in [5.41, 5.74) is 1.07. The van der Waals surface area contributed by atoms with E-state index in [1.54, 1.807) is 0 Å². The molecule has 1 aromatic rings. The molecule has 1 aromatic carbocycles. The molecule has 0 radical (unpaired) electrons. The Hall–Kier alpha value is -1.35. The Morgan fingerprint density at radius 2 is 2.00 bits per heavy atom. The summed E-state index contributed by atoms with van der Waals surface area (Å²) < 4.78 is 0. The molecule has 1 aliphatic rings. The molecule has 3 heteroatoms. The number of amides is 1. The molecule has 110 valence electrons. The number of carbonyl (C=O) groups excluding carboxylic acids is 1. The standard InChI is InChI=1S/C17H26N2O/c1-3-4-5-7-10-14(2)19-13-18-16(17(19)20)15-11-8-6-9-12-15/h6,8-9,11-12,14,16,18H,3-5,7,10,13H2,1-2H3. The smallest absolute Gasteiger partial charge is 0.245 e. The van der Waals surface area contributed by atoms with Gasteiger partial charge in [-0.15, -0.1) is 0 Å². The van der Waals surface area contributed by atoms with Crippen molar-refractivity contribution in [1.82, 2.24) is 10.2 Å². The van der Waals surface area contributed by atoms with Crippen LogP contribution in [0, 0.1) is 0 Å². The summed E-state index contributed by atoms with van der Waals surface area (Å²) in [6.45, 7) is 5.06. The van der Waals surface area contributed by atoms with E-state index in [4.69, 9.17) is 0 Å². The fraction of sp³-hybridized carbons (Fsp3) is 0.588. The number of rotatable bonds is 7. The van der Waals surface area contributed by atoms with Crippen molar-refractivity contribution >= 4 is 5.91 Å². The highest BCUT2D eigenvalue weighted by Crippen LogP contribution is 2.23. The second kappa shape index (κ2) is 7.44. The predicted molar refractivity (Wildman–Crippen MR) is 82.3 cm³/mol. The first-order chi connectivity index (χ1) is 9.74. The largest absolute Gasteiger partial charge is 0.326 e. The first-order valence-corrected chi connectivity index (χ1v) is 7.83. The first kappa shape index (κ1) is 15.0. The number of nitrogens with zero attached hydrogens (tertiary/aromatic N) is 1. The molecular weight excluding hydrogens is 248 g/mol. The average molecular weight is 274 g/mol. The van der Waals surface area contributed by atoms with E-state index in [9.17, 15) is 4.79 Å². The Balaban J connectivity index is 1.87. The van der Waals surface area contributed by atoms with E-state index in [2.05, 4.69) is 19.2 Å². The van der Waals surface area contributed by atoms with Gasteiger partial charge in [0.05, 0.1) is 6.67 Å². The Morgan fingerprint density at radius 1 is 1.25 bits per heavy atom. The zero-order chi connectivity index (χ0) is 14.4. The molecule has 0 aromatic heterocycles. The van der Waals surface area contributed by atoms with Crippen LogP contribution in [0.3, 0.4) is 0 Å². The van der Waals surface area contributed by atoms with Gasteiger partial charge >= 0.3 is 0 Å². The van der Waals surface area contributed by atoms with Gasteiger partial charge in [0.25, 0.3) is 0 Å². The summed E-state index contributed by atoms with van der Waals surface area (Å²) in [7, 11) is 0. The van der Waals surface area contributed by atoms with Gasteiger partial charge in [0.15, 0.2) is 0 Å². The Kier molecular flexibility index (Phi) is 5.60. The molecule has 20 heavy (non-hydrogen) atoms. The van der Waals surface area contributed by atoms with Crippen molar-refractivity contribution < 1.29 is 4.79 Å². The molecule has 1 saturated heterocycles. The molecule has 1 amide bonds. The second-order valence-electron chi connectivity index (χ2n) is 5.71. The van der Waals surface area contributed by atoms with Crippen LogP contribution >= 0.6 is 0 Å². The van der Waals surface area contributed by atoms with Crippen LogP contribution in [0.15, 0.2) is 30.3 Å². The van der Waals surface area contributed by atoms with Gasteiger partial charge in [-0.2, -0.15) is 0 Å². The Bertz CT molecular complexity index is 418. The van der Waals surface area contributed by atoms with E-state index in [1.165, 1.54) is 25.7 Å². The van der Waals surface area contributed by atoms with Crippen LogP contribution in [0.25, 0.3) is 0 Å². The first-order valence-electron chi connectivity index (χ1n) is 7.83. The van der Waals surface area contributed by atoms with E-state index >= 15 is 0 Å². The minimum atomic E-state index is -0.158. The molecule has 1 fully saturated rings. The molecule has 1 N–H and O–H groups in total. The van der Waals surface area contributed by atoms with Crippen molar-refractivity contribution in [2.75, 3.05) is 6.67 Å². The lowest BCUT2D eigenvalue weighted by molar-refractivity contribution is -0.130. The zero-order valence-corrected chi connectivity index (χ0v) is 12.6. The van der Waals surface area contributed by atoms with Crippen molar-refractivity contribution in [3.8, 4) is 0 Å². The van der Waals surface area contributed by atoms with Crippen LogP contribution in [0.4, 0.5) is 0 Å². The van der Waals surface area contributed by atoms with Crippen LogP contribution in [-0.2, 0) is 4.79 Å². The highest BCUT2D eigenvalue weighted by Gasteiger charge is 2.34. The van der Waals surface area contributed by atoms with E-state index in [0.29, 0.717) is 12.7 Å². The fourth-order valence-corrected chi connectivity index (χ4v) is 2.82. The second-order valence-corrected chi connectivity index (χ2v) is 5.71. The number of hydrogen-bond acceptors (Lipinski definition) is 2. The number of carbonyl (C=O) groups is 1.